The molecule has 1 aromatic carbocycles. The molecule has 1 heterocycles. The SMILES string of the molecule is N#Cc1ccc(NC(=O)Cc2ccsc2)c(F)c1. The van der Waals surface area contributed by atoms with Gasteiger partial charge >= 0.3 is 0 Å². The van der Waals surface area contributed by atoms with E-state index < -0.39 is 5.82 Å². The van der Waals surface area contributed by atoms with Gasteiger partial charge in [0.15, 0.2) is 0 Å². The zero-order chi connectivity index (χ0) is 13.0. The van der Waals surface area contributed by atoms with Gasteiger partial charge in [-0.2, -0.15) is 16.6 Å². The fourth-order valence-corrected chi connectivity index (χ4v) is 2.13. The third kappa shape index (κ3) is 2.93. The van der Waals surface area contributed by atoms with E-state index in [-0.39, 0.29) is 23.6 Å². The van der Waals surface area contributed by atoms with Crippen molar-refractivity contribution in [1.29, 1.82) is 5.26 Å². The summed E-state index contributed by atoms with van der Waals surface area (Å²) in [6, 6.07) is 7.63. The monoisotopic (exact) mass is 260 g/mol. The van der Waals surface area contributed by atoms with Gasteiger partial charge in [0.1, 0.15) is 5.82 Å². The van der Waals surface area contributed by atoms with Crippen LogP contribution in [0.4, 0.5) is 10.1 Å². The summed E-state index contributed by atoms with van der Waals surface area (Å²) in [5, 5.41) is 14.8. The molecule has 2 rings (SSSR count). The third-order valence-corrected chi connectivity index (χ3v) is 3.05. The summed E-state index contributed by atoms with van der Waals surface area (Å²) in [4.78, 5) is 11.6. The van der Waals surface area contributed by atoms with Gasteiger partial charge < -0.3 is 5.32 Å². The van der Waals surface area contributed by atoms with Gasteiger partial charge in [0, 0.05) is 0 Å². The van der Waals surface area contributed by atoms with E-state index in [4.69, 9.17) is 5.26 Å². The van der Waals surface area contributed by atoms with E-state index in [1.165, 1.54) is 23.5 Å². The highest BCUT2D eigenvalue weighted by Crippen LogP contribution is 2.16. The molecule has 0 spiro atoms. The Morgan fingerprint density at radius 2 is 2.28 bits per heavy atom. The van der Waals surface area contributed by atoms with Crippen molar-refractivity contribution in [2.24, 2.45) is 0 Å². The summed E-state index contributed by atoms with van der Waals surface area (Å²) in [7, 11) is 0. The number of thiophene rings is 1. The molecule has 1 aromatic heterocycles. The number of carbonyl (C=O) groups excluding carboxylic acids is 1. The van der Waals surface area contributed by atoms with Gasteiger partial charge in [0.05, 0.1) is 23.7 Å². The van der Waals surface area contributed by atoms with Gasteiger partial charge in [0.25, 0.3) is 0 Å². The Hall–Kier alpha value is -2.19. The number of halogens is 1. The van der Waals surface area contributed by atoms with Crippen molar-refractivity contribution < 1.29 is 9.18 Å². The summed E-state index contributed by atoms with van der Waals surface area (Å²) in [6.45, 7) is 0. The Bertz CT molecular complexity index is 602. The van der Waals surface area contributed by atoms with Gasteiger partial charge in [-0.25, -0.2) is 4.39 Å². The van der Waals surface area contributed by atoms with Crippen LogP contribution in [0, 0.1) is 17.1 Å². The highest BCUT2D eigenvalue weighted by atomic mass is 32.1. The van der Waals surface area contributed by atoms with E-state index in [0.29, 0.717) is 0 Å². The Labute approximate surface area is 107 Å². The number of amides is 1. The van der Waals surface area contributed by atoms with Crippen LogP contribution in [-0.2, 0) is 11.2 Å². The predicted octanol–water partition coefficient (Wildman–Crippen LogP) is 2.94. The van der Waals surface area contributed by atoms with Crippen LogP contribution in [0.2, 0.25) is 0 Å². The minimum atomic E-state index is -0.604. The first kappa shape index (κ1) is 12.3. The van der Waals surface area contributed by atoms with Crippen molar-refractivity contribution in [3.05, 3.63) is 52.0 Å². The maximum Gasteiger partial charge on any atom is 0.228 e. The molecule has 0 bridgehead atoms. The first-order valence-corrected chi connectivity index (χ1v) is 6.14. The number of anilines is 1. The highest BCUT2D eigenvalue weighted by molar-refractivity contribution is 7.08. The Kier molecular flexibility index (Phi) is 3.70. The van der Waals surface area contributed by atoms with Crippen molar-refractivity contribution in [2.45, 2.75) is 6.42 Å². The largest absolute Gasteiger partial charge is 0.323 e. The number of nitrogens with one attached hydrogen (secondary N) is 1. The predicted molar refractivity (Wildman–Crippen MR) is 67.8 cm³/mol. The molecule has 3 nitrogen and oxygen atoms in total. The van der Waals surface area contributed by atoms with Crippen LogP contribution < -0.4 is 5.32 Å². The van der Waals surface area contributed by atoms with Gasteiger partial charge in [-0.15, -0.1) is 0 Å². The van der Waals surface area contributed by atoms with Gasteiger partial charge in [-0.3, -0.25) is 4.79 Å². The standard InChI is InChI=1S/C13H9FN2OS/c14-11-5-9(7-15)1-2-12(11)16-13(17)6-10-3-4-18-8-10/h1-5,8H,6H2,(H,16,17). The van der Waals surface area contributed by atoms with Crippen molar-refractivity contribution in [3.8, 4) is 6.07 Å². The second-order valence-electron chi connectivity index (χ2n) is 3.66. The number of rotatable bonds is 3. The Balaban J connectivity index is 2.05. The average molecular weight is 260 g/mol. The fourth-order valence-electron chi connectivity index (χ4n) is 1.46. The lowest BCUT2D eigenvalue weighted by atomic mass is 10.2. The van der Waals surface area contributed by atoms with Crippen molar-refractivity contribution in [2.75, 3.05) is 5.32 Å². The lowest BCUT2D eigenvalue weighted by Crippen LogP contribution is -2.15. The molecule has 0 aliphatic heterocycles. The summed E-state index contributed by atoms with van der Waals surface area (Å²) in [5.74, 6) is -0.885. The fraction of sp³-hybridized carbons (Fsp3) is 0.0769. The Morgan fingerprint density at radius 1 is 1.44 bits per heavy atom. The topological polar surface area (TPSA) is 52.9 Å². The van der Waals surface area contributed by atoms with E-state index in [0.717, 1.165) is 11.6 Å². The normalized spacial score (nSPS) is 9.78. The molecule has 0 fully saturated rings. The summed E-state index contributed by atoms with van der Waals surface area (Å²) in [5.41, 5.74) is 1.21. The minimum Gasteiger partial charge on any atom is -0.323 e. The van der Waals surface area contributed by atoms with Crippen LogP contribution >= 0.6 is 11.3 Å². The lowest BCUT2D eigenvalue weighted by Gasteiger charge is -2.05. The molecule has 1 amide bonds. The van der Waals surface area contributed by atoms with Crippen LogP contribution in [0.15, 0.2) is 35.0 Å². The zero-order valence-corrected chi connectivity index (χ0v) is 10.1. The van der Waals surface area contributed by atoms with Crippen LogP contribution in [-0.4, -0.2) is 5.91 Å². The van der Waals surface area contributed by atoms with E-state index in [1.807, 2.05) is 22.9 Å². The zero-order valence-electron chi connectivity index (χ0n) is 9.31. The van der Waals surface area contributed by atoms with Crippen molar-refractivity contribution >= 4 is 22.9 Å². The number of nitrogens with zero attached hydrogens (tertiary/aromatic N) is 1. The van der Waals surface area contributed by atoms with E-state index in [1.54, 1.807) is 0 Å². The number of benzene rings is 1. The molecule has 90 valence electrons. The van der Waals surface area contributed by atoms with Crippen molar-refractivity contribution in [3.63, 3.8) is 0 Å². The van der Waals surface area contributed by atoms with Gasteiger partial charge in [0.2, 0.25) is 5.91 Å². The van der Waals surface area contributed by atoms with Gasteiger partial charge in [-0.1, -0.05) is 0 Å². The maximum absolute atomic E-state index is 13.5. The lowest BCUT2D eigenvalue weighted by molar-refractivity contribution is -0.115. The van der Waals surface area contributed by atoms with Gasteiger partial charge in [-0.05, 0) is 40.6 Å². The number of nitriles is 1. The number of carbonyl (C=O) groups is 1. The second-order valence-corrected chi connectivity index (χ2v) is 4.44. The molecule has 0 aliphatic rings. The first-order valence-electron chi connectivity index (χ1n) is 5.19. The smallest absolute Gasteiger partial charge is 0.228 e. The molecule has 0 aliphatic carbocycles. The number of hydrogen-bond acceptors (Lipinski definition) is 3. The molecule has 0 saturated carbocycles. The maximum atomic E-state index is 13.5. The average Bonchev–Trinajstić information content (AvgIpc) is 2.84. The van der Waals surface area contributed by atoms with E-state index >= 15 is 0 Å². The first-order chi connectivity index (χ1) is 8.69. The van der Waals surface area contributed by atoms with E-state index in [2.05, 4.69) is 5.32 Å². The Morgan fingerprint density at radius 3 is 2.89 bits per heavy atom. The van der Waals surface area contributed by atoms with Crippen molar-refractivity contribution in [1.82, 2.24) is 0 Å². The number of hydrogen-bond donors (Lipinski definition) is 1. The van der Waals surface area contributed by atoms with E-state index in [9.17, 15) is 9.18 Å². The molecule has 0 unspecified atom stereocenters. The highest BCUT2D eigenvalue weighted by Gasteiger charge is 2.08. The second kappa shape index (κ2) is 5.43. The molecular formula is C13H9FN2OS. The molecule has 0 radical (unpaired) electrons. The molecule has 0 atom stereocenters. The summed E-state index contributed by atoms with van der Waals surface area (Å²) < 4.78 is 13.5. The quantitative estimate of drug-likeness (QED) is 0.922. The third-order valence-electron chi connectivity index (χ3n) is 2.32. The summed E-state index contributed by atoms with van der Waals surface area (Å²) >= 11 is 1.51. The minimum absolute atomic E-state index is 0.0919. The molecule has 2 aromatic rings. The molecule has 0 saturated heterocycles. The van der Waals surface area contributed by atoms with Crippen LogP contribution in [0.5, 0.6) is 0 Å². The molecular weight excluding hydrogens is 251 g/mol. The molecule has 18 heavy (non-hydrogen) atoms. The molecule has 1 N–H and O–H groups in total. The summed E-state index contributed by atoms with van der Waals surface area (Å²) in [6.07, 6.45) is 0.211. The molecule has 5 heteroatoms. The van der Waals surface area contributed by atoms with Crippen LogP contribution in [0.25, 0.3) is 0 Å². The van der Waals surface area contributed by atoms with Crippen LogP contribution in [0.3, 0.4) is 0 Å². The van der Waals surface area contributed by atoms with Crippen LogP contribution in [0.1, 0.15) is 11.1 Å².